The van der Waals surface area contributed by atoms with E-state index >= 15 is 0 Å². The summed E-state index contributed by atoms with van der Waals surface area (Å²) in [7, 11) is 0. The molecule has 0 saturated carbocycles. The Hall–Kier alpha value is -1.94. The van der Waals surface area contributed by atoms with E-state index in [9.17, 15) is 0 Å². The van der Waals surface area contributed by atoms with Gasteiger partial charge >= 0.3 is 0 Å². The molecule has 2 N–H and O–H groups in total. The fourth-order valence-electron chi connectivity index (χ4n) is 2.35. The van der Waals surface area contributed by atoms with Crippen molar-refractivity contribution in [2.45, 2.75) is 18.9 Å². The van der Waals surface area contributed by atoms with Gasteiger partial charge in [-0.25, -0.2) is 0 Å². The third-order valence-corrected chi connectivity index (χ3v) is 3.43. The van der Waals surface area contributed by atoms with Gasteiger partial charge in [0.1, 0.15) is 5.82 Å². The van der Waals surface area contributed by atoms with Crippen molar-refractivity contribution >= 4 is 5.82 Å². The van der Waals surface area contributed by atoms with Crippen molar-refractivity contribution in [2.24, 2.45) is 0 Å². The molecule has 1 aliphatic rings. The van der Waals surface area contributed by atoms with Crippen molar-refractivity contribution in [1.82, 2.24) is 15.5 Å². The molecule has 3 rings (SSSR count). The van der Waals surface area contributed by atoms with Crippen LogP contribution in [-0.2, 0) is 0 Å². The molecular formula is C15H18N4. The van der Waals surface area contributed by atoms with E-state index in [1.54, 1.807) is 0 Å². The Bertz CT molecular complexity index is 503. The Balaban J connectivity index is 1.62. The first-order valence-corrected chi connectivity index (χ1v) is 6.78. The lowest BCUT2D eigenvalue weighted by Gasteiger charge is -2.11. The highest BCUT2D eigenvalue weighted by molar-refractivity contribution is 5.59. The summed E-state index contributed by atoms with van der Waals surface area (Å²) in [6, 6.07) is 14.7. The molecule has 4 heteroatoms. The van der Waals surface area contributed by atoms with Gasteiger partial charge in [-0.2, -0.15) is 0 Å². The minimum atomic E-state index is 0.565. The maximum absolute atomic E-state index is 4.26. The molecule has 0 aliphatic carbocycles. The zero-order chi connectivity index (χ0) is 12.9. The Kier molecular flexibility index (Phi) is 3.70. The first-order valence-electron chi connectivity index (χ1n) is 6.78. The van der Waals surface area contributed by atoms with Gasteiger partial charge in [-0.05, 0) is 31.5 Å². The molecule has 1 fully saturated rings. The lowest BCUT2D eigenvalue weighted by molar-refractivity contribution is 0.632. The monoisotopic (exact) mass is 254 g/mol. The molecule has 1 saturated heterocycles. The zero-order valence-electron chi connectivity index (χ0n) is 10.8. The number of nitrogens with one attached hydrogen (secondary N) is 2. The van der Waals surface area contributed by atoms with E-state index in [1.807, 2.05) is 42.5 Å². The highest BCUT2D eigenvalue weighted by Crippen LogP contribution is 2.16. The SMILES string of the molecule is c1ccc(-c2ccc(NCC3CCCN3)nn2)cc1. The van der Waals surface area contributed by atoms with Gasteiger partial charge in [-0.3, -0.25) is 0 Å². The molecule has 98 valence electrons. The zero-order valence-corrected chi connectivity index (χ0v) is 10.8. The molecule has 1 unspecified atom stereocenters. The van der Waals surface area contributed by atoms with Gasteiger partial charge in [0.25, 0.3) is 0 Å². The summed E-state index contributed by atoms with van der Waals surface area (Å²) in [5.41, 5.74) is 2.00. The third-order valence-electron chi connectivity index (χ3n) is 3.43. The summed E-state index contributed by atoms with van der Waals surface area (Å²) >= 11 is 0. The van der Waals surface area contributed by atoms with Gasteiger partial charge in [-0.1, -0.05) is 30.3 Å². The van der Waals surface area contributed by atoms with Crippen LogP contribution in [0.2, 0.25) is 0 Å². The van der Waals surface area contributed by atoms with Gasteiger partial charge in [0, 0.05) is 18.2 Å². The Morgan fingerprint density at radius 2 is 2.00 bits per heavy atom. The predicted octanol–water partition coefficient (Wildman–Crippen LogP) is 2.31. The average molecular weight is 254 g/mol. The van der Waals surface area contributed by atoms with Gasteiger partial charge in [0.15, 0.2) is 0 Å². The largest absolute Gasteiger partial charge is 0.367 e. The number of benzene rings is 1. The van der Waals surface area contributed by atoms with Gasteiger partial charge in [0.2, 0.25) is 0 Å². The van der Waals surface area contributed by atoms with Crippen LogP contribution in [-0.4, -0.2) is 29.3 Å². The fraction of sp³-hybridized carbons (Fsp3) is 0.333. The van der Waals surface area contributed by atoms with E-state index in [-0.39, 0.29) is 0 Å². The van der Waals surface area contributed by atoms with Crippen molar-refractivity contribution in [2.75, 3.05) is 18.4 Å². The molecule has 2 heterocycles. The first kappa shape index (κ1) is 12.1. The second-order valence-corrected chi connectivity index (χ2v) is 4.84. The highest BCUT2D eigenvalue weighted by Gasteiger charge is 2.13. The molecule has 0 amide bonds. The molecule has 1 atom stereocenters. The van der Waals surface area contributed by atoms with Gasteiger partial charge in [0.05, 0.1) is 5.69 Å². The van der Waals surface area contributed by atoms with Crippen LogP contribution in [0.25, 0.3) is 11.3 Å². The van der Waals surface area contributed by atoms with Crippen LogP contribution in [0.4, 0.5) is 5.82 Å². The summed E-state index contributed by atoms with van der Waals surface area (Å²) in [5.74, 6) is 0.841. The van der Waals surface area contributed by atoms with Crippen molar-refractivity contribution in [3.63, 3.8) is 0 Å². The molecule has 1 aliphatic heterocycles. The first-order chi connectivity index (χ1) is 9.42. The van der Waals surface area contributed by atoms with E-state index in [4.69, 9.17) is 0 Å². The summed E-state index contributed by atoms with van der Waals surface area (Å²) in [6.45, 7) is 2.05. The third kappa shape index (κ3) is 3.09. The normalized spacial score (nSPS) is 18.4. The second kappa shape index (κ2) is 5.80. The van der Waals surface area contributed by atoms with Crippen molar-refractivity contribution in [3.05, 3.63) is 42.5 Å². The lowest BCUT2D eigenvalue weighted by Crippen LogP contribution is -2.29. The number of aromatic nitrogens is 2. The Morgan fingerprint density at radius 1 is 1.11 bits per heavy atom. The summed E-state index contributed by atoms with van der Waals surface area (Å²) in [6.07, 6.45) is 2.51. The molecule has 4 nitrogen and oxygen atoms in total. The highest BCUT2D eigenvalue weighted by atomic mass is 15.2. The summed E-state index contributed by atoms with van der Waals surface area (Å²) in [5, 5.41) is 15.3. The number of hydrogen-bond acceptors (Lipinski definition) is 4. The second-order valence-electron chi connectivity index (χ2n) is 4.84. The Labute approximate surface area is 113 Å². The van der Waals surface area contributed by atoms with Crippen molar-refractivity contribution < 1.29 is 0 Å². The van der Waals surface area contributed by atoms with Crippen molar-refractivity contribution in [1.29, 1.82) is 0 Å². The van der Waals surface area contributed by atoms with Gasteiger partial charge < -0.3 is 10.6 Å². The molecular weight excluding hydrogens is 236 g/mol. The fourth-order valence-corrected chi connectivity index (χ4v) is 2.35. The average Bonchev–Trinajstić information content (AvgIpc) is 3.00. The number of rotatable bonds is 4. The molecule has 0 radical (unpaired) electrons. The smallest absolute Gasteiger partial charge is 0.148 e. The number of nitrogens with zero attached hydrogens (tertiary/aromatic N) is 2. The van der Waals surface area contributed by atoms with Crippen molar-refractivity contribution in [3.8, 4) is 11.3 Å². The minimum absolute atomic E-state index is 0.565. The van der Waals surface area contributed by atoms with E-state index in [0.717, 1.165) is 30.2 Å². The van der Waals surface area contributed by atoms with Crippen LogP contribution < -0.4 is 10.6 Å². The number of hydrogen-bond donors (Lipinski definition) is 2. The quantitative estimate of drug-likeness (QED) is 0.879. The van der Waals surface area contributed by atoms with Crippen LogP contribution in [0.5, 0.6) is 0 Å². The van der Waals surface area contributed by atoms with E-state index < -0.39 is 0 Å². The topological polar surface area (TPSA) is 49.8 Å². The molecule has 0 spiro atoms. The van der Waals surface area contributed by atoms with E-state index in [2.05, 4.69) is 20.8 Å². The molecule has 0 bridgehead atoms. The van der Waals surface area contributed by atoms with E-state index in [1.165, 1.54) is 12.8 Å². The maximum atomic E-state index is 4.26. The minimum Gasteiger partial charge on any atom is -0.367 e. The lowest BCUT2D eigenvalue weighted by atomic mass is 10.1. The van der Waals surface area contributed by atoms with Crippen LogP contribution in [0.1, 0.15) is 12.8 Å². The molecule has 1 aromatic carbocycles. The van der Waals surface area contributed by atoms with Crippen LogP contribution in [0.3, 0.4) is 0 Å². The standard InChI is InChI=1S/C15H18N4/c1-2-5-12(6-3-1)14-8-9-15(19-18-14)17-11-13-7-4-10-16-13/h1-3,5-6,8-9,13,16H,4,7,10-11H2,(H,17,19). The predicted molar refractivity (Wildman–Crippen MR) is 77.0 cm³/mol. The molecule has 1 aromatic heterocycles. The summed E-state index contributed by atoms with van der Waals surface area (Å²) in [4.78, 5) is 0. The van der Waals surface area contributed by atoms with Crippen LogP contribution >= 0.6 is 0 Å². The van der Waals surface area contributed by atoms with Gasteiger partial charge in [-0.15, -0.1) is 10.2 Å². The number of anilines is 1. The molecule has 2 aromatic rings. The molecule has 19 heavy (non-hydrogen) atoms. The van der Waals surface area contributed by atoms with Crippen LogP contribution in [0.15, 0.2) is 42.5 Å². The van der Waals surface area contributed by atoms with Crippen LogP contribution in [0, 0.1) is 0 Å². The Morgan fingerprint density at radius 3 is 2.68 bits per heavy atom. The van der Waals surface area contributed by atoms with E-state index in [0.29, 0.717) is 6.04 Å². The maximum Gasteiger partial charge on any atom is 0.148 e. The summed E-state index contributed by atoms with van der Waals surface area (Å²) < 4.78 is 0.